The van der Waals surface area contributed by atoms with E-state index in [9.17, 15) is 24.3 Å². The van der Waals surface area contributed by atoms with Crippen LogP contribution in [-0.4, -0.2) is 76.3 Å². The zero-order valence-corrected chi connectivity index (χ0v) is 40.1. The van der Waals surface area contributed by atoms with Gasteiger partial charge in [0.05, 0.1) is 50.0 Å². The van der Waals surface area contributed by atoms with E-state index < -0.39 is 24.1 Å². The fourth-order valence-electron chi connectivity index (χ4n) is 7.27. The summed E-state index contributed by atoms with van der Waals surface area (Å²) in [5.74, 6) is 0.196. The molecule has 5 aromatic rings. The molecule has 0 unspecified atom stereocenters. The normalized spacial score (nSPS) is 10.8. The molecule has 70 heavy (non-hydrogen) atoms. The molecule has 0 spiro atoms. The third-order valence-corrected chi connectivity index (χ3v) is 11.0. The van der Waals surface area contributed by atoms with E-state index in [0.717, 1.165) is 86.0 Å². The van der Waals surface area contributed by atoms with Crippen LogP contribution >= 0.6 is 0 Å². The molecule has 0 radical (unpaired) electrons. The maximum Gasteiger partial charge on any atom is 0.513 e. The predicted molar refractivity (Wildman–Crippen MR) is 271 cm³/mol. The van der Waals surface area contributed by atoms with Crippen LogP contribution in [0.15, 0.2) is 145 Å². The van der Waals surface area contributed by atoms with Crippen LogP contribution in [-0.2, 0) is 30.2 Å². The Labute approximate surface area is 410 Å². The van der Waals surface area contributed by atoms with Crippen LogP contribution in [0.3, 0.4) is 0 Å². The molecule has 14 nitrogen and oxygen atoms in total. The monoisotopic (exact) mass is 953 g/mol. The molecule has 0 heterocycles. The lowest BCUT2D eigenvalue weighted by molar-refractivity contribution is -0.138. The maximum absolute atomic E-state index is 13.7. The molecule has 368 valence electrons. The van der Waals surface area contributed by atoms with Gasteiger partial charge in [-0.2, -0.15) is 10.2 Å². The fraction of sp³-hybridized carbons (Fsp3) is 0.321. The van der Waals surface area contributed by atoms with E-state index in [1.165, 1.54) is 0 Å². The Morgan fingerprint density at radius 2 is 0.957 bits per heavy atom. The van der Waals surface area contributed by atoms with Crippen LogP contribution in [0.25, 0.3) is 22.3 Å². The molecular weight excluding hydrogens is 891 g/mol. The number of nitrogens with zero attached hydrogens (tertiary/aromatic N) is 3. The third kappa shape index (κ3) is 18.4. The van der Waals surface area contributed by atoms with Crippen LogP contribution in [0.1, 0.15) is 80.1 Å². The van der Waals surface area contributed by atoms with Crippen molar-refractivity contribution in [1.29, 1.82) is 0 Å². The Kier molecular flexibility index (Phi) is 22.2. The van der Waals surface area contributed by atoms with E-state index in [2.05, 4.69) is 23.4 Å². The Morgan fingerprint density at radius 1 is 0.529 bits per heavy atom. The highest BCUT2D eigenvalue weighted by Gasteiger charge is 2.22. The lowest BCUT2D eigenvalue weighted by Gasteiger charge is -2.18. The van der Waals surface area contributed by atoms with Crippen molar-refractivity contribution >= 4 is 41.1 Å². The molecule has 5 aromatic carbocycles. The number of carbonyl (C=O) groups excluding carboxylic acids is 3. The Balaban J connectivity index is 1.27. The highest BCUT2D eigenvalue weighted by Crippen LogP contribution is 2.36. The SMILES string of the molecule is C=CC(=O)OCCCCCCOc1ccc(-c2cc(CCCCOc3ccc(N=Nc4ccc(N(C)C)cc4)cc3)c(-c3ccc(OCCCCCCOC(=O)C=C)cc3)c(C(=O)OC(=O)O)c2)cc1. The summed E-state index contributed by atoms with van der Waals surface area (Å²) in [6, 6.07) is 33.8. The van der Waals surface area contributed by atoms with Gasteiger partial charge >= 0.3 is 24.1 Å². The van der Waals surface area contributed by atoms with Gasteiger partial charge in [0.1, 0.15) is 17.2 Å². The number of azo groups is 1. The van der Waals surface area contributed by atoms with Crippen molar-refractivity contribution in [3.63, 3.8) is 0 Å². The van der Waals surface area contributed by atoms with Crippen LogP contribution in [0, 0.1) is 0 Å². The summed E-state index contributed by atoms with van der Waals surface area (Å²) in [5.41, 5.74) is 6.23. The molecule has 14 heteroatoms. The van der Waals surface area contributed by atoms with Gasteiger partial charge in [-0.05, 0) is 177 Å². The maximum atomic E-state index is 13.7. The van der Waals surface area contributed by atoms with E-state index in [0.29, 0.717) is 91.9 Å². The molecule has 0 bridgehead atoms. The fourth-order valence-corrected chi connectivity index (χ4v) is 7.27. The average Bonchev–Trinajstić information content (AvgIpc) is 3.37. The van der Waals surface area contributed by atoms with Gasteiger partial charge in [-0.3, -0.25) is 0 Å². The van der Waals surface area contributed by atoms with Crippen molar-refractivity contribution in [1.82, 2.24) is 0 Å². The van der Waals surface area contributed by atoms with Gasteiger partial charge in [0.25, 0.3) is 0 Å². The topological polar surface area (TPSA) is 172 Å². The number of rotatable bonds is 30. The minimum absolute atomic E-state index is 0.112. The molecular formula is C56H63N3O11. The summed E-state index contributed by atoms with van der Waals surface area (Å²) in [4.78, 5) is 49.9. The van der Waals surface area contributed by atoms with Gasteiger partial charge in [-0.15, -0.1) is 0 Å². The molecule has 1 N–H and O–H groups in total. The minimum Gasteiger partial charge on any atom is -0.494 e. The highest BCUT2D eigenvalue weighted by molar-refractivity contribution is 6.03. The van der Waals surface area contributed by atoms with Crippen molar-refractivity contribution in [2.75, 3.05) is 52.0 Å². The number of hydrogen-bond donors (Lipinski definition) is 1. The number of hydrogen-bond acceptors (Lipinski definition) is 13. The molecule has 0 fully saturated rings. The Hall–Kier alpha value is -7.74. The smallest absolute Gasteiger partial charge is 0.494 e. The number of carboxylic acid groups (broad SMARTS) is 1. The highest BCUT2D eigenvalue weighted by atomic mass is 16.7. The first-order valence-electron chi connectivity index (χ1n) is 23.6. The second-order valence-electron chi connectivity index (χ2n) is 16.4. The summed E-state index contributed by atoms with van der Waals surface area (Å²) in [7, 11) is 3.97. The molecule has 0 aliphatic rings. The van der Waals surface area contributed by atoms with E-state index in [1.807, 2.05) is 122 Å². The van der Waals surface area contributed by atoms with Crippen molar-refractivity contribution in [3.05, 3.63) is 146 Å². The lowest BCUT2D eigenvalue weighted by atomic mass is 9.88. The first-order valence-corrected chi connectivity index (χ1v) is 23.6. The standard InChI is InChI=1S/C56H63N3O11/c1-5-52(60)68-37-14-9-7-12-34-65-48-28-18-41(19-29-48)44-39-43(17-11-16-36-67-50-32-24-46(25-33-50)58-57-45-22-26-47(27-23-45)59(3)4)54(51(40-44)55(62)70-56(63)64)42-20-30-49(31-21-42)66-35-13-8-10-15-38-69-53(61)6-2/h5-6,18-33,39-40H,1-2,7-17,34-38H2,3-4H3,(H,63,64). The Bertz CT molecular complexity index is 2490. The number of esters is 3. The molecule has 0 amide bonds. The first-order chi connectivity index (χ1) is 34.0. The van der Waals surface area contributed by atoms with Gasteiger partial charge in [-0.1, -0.05) is 43.5 Å². The van der Waals surface area contributed by atoms with Gasteiger partial charge in [0.15, 0.2) is 0 Å². The molecule has 0 aliphatic carbocycles. The van der Waals surface area contributed by atoms with Crippen molar-refractivity contribution < 1.29 is 52.7 Å². The summed E-state index contributed by atoms with van der Waals surface area (Å²) >= 11 is 0. The predicted octanol–water partition coefficient (Wildman–Crippen LogP) is 13.1. The van der Waals surface area contributed by atoms with E-state index in [1.54, 1.807) is 6.07 Å². The molecule has 5 rings (SSSR count). The number of benzene rings is 5. The summed E-state index contributed by atoms with van der Waals surface area (Å²) in [5, 5.41) is 18.3. The third-order valence-electron chi connectivity index (χ3n) is 11.0. The molecule has 0 aliphatic heterocycles. The first kappa shape index (κ1) is 53.2. The second-order valence-corrected chi connectivity index (χ2v) is 16.4. The molecule has 0 saturated heterocycles. The number of anilines is 1. The second kappa shape index (κ2) is 29.2. The van der Waals surface area contributed by atoms with Gasteiger partial charge in [0.2, 0.25) is 0 Å². The van der Waals surface area contributed by atoms with Crippen LogP contribution in [0.4, 0.5) is 21.9 Å². The van der Waals surface area contributed by atoms with Gasteiger partial charge in [-0.25, -0.2) is 19.2 Å². The molecule has 0 saturated carbocycles. The summed E-state index contributed by atoms with van der Waals surface area (Å²) in [6.07, 6.45) is 9.30. The van der Waals surface area contributed by atoms with Gasteiger partial charge in [0, 0.05) is 31.9 Å². The van der Waals surface area contributed by atoms with Crippen LogP contribution in [0.5, 0.6) is 17.2 Å². The average molecular weight is 954 g/mol. The van der Waals surface area contributed by atoms with Gasteiger partial charge < -0.3 is 38.4 Å². The van der Waals surface area contributed by atoms with Crippen molar-refractivity contribution in [3.8, 4) is 39.5 Å². The number of ether oxygens (including phenoxy) is 6. The summed E-state index contributed by atoms with van der Waals surface area (Å²) < 4.78 is 33.0. The van der Waals surface area contributed by atoms with E-state index >= 15 is 0 Å². The number of aryl methyl sites for hydroxylation is 1. The van der Waals surface area contributed by atoms with Crippen LogP contribution in [0.2, 0.25) is 0 Å². The zero-order valence-electron chi connectivity index (χ0n) is 40.1. The zero-order chi connectivity index (χ0) is 49.9. The van der Waals surface area contributed by atoms with Crippen molar-refractivity contribution in [2.24, 2.45) is 10.2 Å². The quantitative estimate of drug-likeness (QED) is 0.0115. The van der Waals surface area contributed by atoms with E-state index in [4.69, 9.17) is 28.4 Å². The van der Waals surface area contributed by atoms with E-state index in [-0.39, 0.29) is 5.56 Å². The summed E-state index contributed by atoms with van der Waals surface area (Å²) in [6.45, 7) is 8.97. The van der Waals surface area contributed by atoms with Crippen molar-refractivity contribution in [2.45, 2.75) is 70.6 Å². The largest absolute Gasteiger partial charge is 0.513 e. The lowest BCUT2D eigenvalue weighted by Crippen LogP contribution is -2.13. The number of unbranched alkanes of at least 4 members (excludes halogenated alkanes) is 7. The molecule has 0 atom stereocenters. The molecule has 0 aromatic heterocycles. The van der Waals surface area contributed by atoms with Crippen LogP contribution < -0.4 is 19.1 Å². The number of carbonyl (C=O) groups is 4. The minimum atomic E-state index is -1.70. The Morgan fingerprint density at radius 3 is 1.41 bits per heavy atom.